The van der Waals surface area contributed by atoms with Gasteiger partial charge in [-0.25, -0.2) is 0 Å². The summed E-state index contributed by atoms with van der Waals surface area (Å²) in [4.78, 5) is 0. The SMILES string of the molecule is CC(C)(C)O[C@@H]1CNCCO1. The van der Waals surface area contributed by atoms with Crippen molar-refractivity contribution < 1.29 is 9.47 Å². The molecule has 3 heteroatoms. The molecule has 1 aliphatic rings. The molecule has 3 nitrogen and oxygen atoms in total. The van der Waals surface area contributed by atoms with Crippen molar-refractivity contribution in [3.8, 4) is 0 Å². The Balaban J connectivity index is 2.24. The molecule has 1 atom stereocenters. The number of nitrogens with one attached hydrogen (secondary N) is 1. The van der Waals surface area contributed by atoms with Crippen LogP contribution >= 0.6 is 0 Å². The van der Waals surface area contributed by atoms with Gasteiger partial charge in [-0.3, -0.25) is 0 Å². The van der Waals surface area contributed by atoms with E-state index in [1.807, 2.05) is 20.8 Å². The lowest BCUT2D eigenvalue weighted by atomic mass is 10.2. The molecule has 0 unspecified atom stereocenters. The Bertz CT molecular complexity index is 114. The van der Waals surface area contributed by atoms with Gasteiger partial charge in [-0.15, -0.1) is 0 Å². The highest BCUT2D eigenvalue weighted by molar-refractivity contribution is 4.65. The maximum absolute atomic E-state index is 5.59. The van der Waals surface area contributed by atoms with Crippen LogP contribution in [0.3, 0.4) is 0 Å². The molecule has 1 heterocycles. The molecule has 0 amide bonds. The van der Waals surface area contributed by atoms with E-state index in [0.717, 1.165) is 19.7 Å². The van der Waals surface area contributed by atoms with E-state index in [-0.39, 0.29) is 11.9 Å². The average Bonchev–Trinajstić information content (AvgIpc) is 1.85. The third-order valence-electron chi connectivity index (χ3n) is 1.38. The molecular weight excluding hydrogens is 142 g/mol. The first kappa shape index (κ1) is 8.97. The predicted molar refractivity (Wildman–Crippen MR) is 43.4 cm³/mol. The van der Waals surface area contributed by atoms with E-state index >= 15 is 0 Å². The Morgan fingerprint density at radius 2 is 2.18 bits per heavy atom. The van der Waals surface area contributed by atoms with Crippen molar-refractivity contribution in [2.24, 2.45) is 0 Å². The van der Waals surface area contributed by atoms with Crippen LogP contribution in [0, 0.1) is 0 Å². The summed E-state index contributed by atoms with van der Waals surface area (Å²) >= 11 is 0. The van der Waals surface area contributed by atoms with Crippen molar-refractivity contribution in [2.45, 2.75) is 32.7 Å². The monoisotopic (exact) mass is 159 g/mol. The average molecular weight is 159 g/mol. The first-order valence-corrected chi connectivity index (χ1v) is 4.08. The number of morpholine rings is 1. The first-order chi connectivity index (χ1) is 5.08. The molecule has 1 rings (SSSR count). The minimum absolute atomic E-state index is 0.0660. The van der Waals surface area contributed by atoms with Crippen molar-refractivity contribution in [3.63, 3.8) is 0 Å². The van der Waals surface area contributed by atoms with Gasteiger partial charge >= 0.3 is 0 Å². The molecule has 0 radical (unpaired) electrons. The zero-order valence-electron chi connectivity index (χ0n) is 7.52. The molecule has 1 fully saturated rings. The molecule has 0 spiro atoms. The number of hydrogen-bond acceptors (Lipinski definition) is 3. The largest absolute Gasteiger partial charge is 0.350 e. The van der Waals surface area contributed by atoms with Crippen LogP contribution in [0.2, 0.25) is 0 Å². The summed E-state index contributed by atoms with van der Waals surface area (Å²) in [5.41, 5.74) is -0.107. The minimum atomic E-state index is -0.107. The number of hydrogen-bond donors (Lipinski definition) is 1. The van der Waals surface area contributed by atoms with Crippen LogP contribution in [-0.4, -0.2) is 31.6 Å². The second-order valence-corrected chi connectivity index (χ2v) is 3.73. The molecule has 0 aromatic rings. The van der Waals surface area contributed by atoms with Gasteiger partial charge in [0.1, 0.15) is 0 Å². The second kappa shape index (κ2) is 3.52. The van der Waals surface area contributed by atoms with Gasteiger partial charge in [0.2, 0.25) is 0 Å². The van der Waals surface area contributed by atoms with Crippen LogP contribution in [0.25, 0.3) is 0 Å². The van der Waals surface area contributed by atoms with Crippen molar-refractivity contribution in [3.05, 3.63) is 0 Å². The molecule has 0 bridgehead atoms. The third-order valence-corrected chi connectivity index (χ3v) is 1.38. The predicted octanol–water partition coefficient (Wildman–Crippen LogP) is 0.747. The summed E-state index contributed by atoms with van der Waals surface area (Å²) in [5, 5.41) is 3.21. The van der Waals surface area contributed by atoms with Crippen LogP contribution in [0.4, 0.5) is 0 Å². The van der Waals surface area contributed by atoms with Crippen LogP contribution in [0.5, 0.6) is 0 Å². The highest BCUT2D eigenvalue weighted by Gasteiger charge is 2.20. The van der Waals surface area contributed by atoms with Crippen molar-refractivity contribution in [2.75, 3.05) is 19.7 Å². The van der Waals surface area contributed by atoms with Crippen LogP contribution in [0.1, 0.15) is 20.8 Å². The lowest BCUT2D eigenvalue weighted by molar-refractivity contribution is -0.202. The Hall–Kier alpha value is -0.120. The fourth-order valence-corrected chi connectivity index (χ4v) is 1.01. The summed E-state index contributed by atoms with van der Waals surface area (Å²) < 4.78 is 11.0. The fraction of sp³-hybridized carbons (Fsp3) is 1.00. The Morgan fingerprint density at radius 3 is 2.64 bits per heavy atom. The molecular formula is C8H17NO2. The van der Waals surface area contributed by atoms with Gasteiger partial charge in [-0.1, -0.05) is 0 Å². The summed E-state index contributed by atoms with van der Waals surface area (Å²) in [6, 6.07) is 0. The summed E-state index contributed by atoms with van der Waals surface area (Å²) in [6.45, 7) is 8.59. The van der Waals surface area contributed by atoms with Crippen LogP contribution in [0.15, 0.2) is 0 Å². The molecule has 1 saturated heterocycles. The first-order valence-electron chi connectivity index (χ1n) is 4.08. The Labute approximate surface area is 68.1 Å². The Kier molecular flexibility index (Phi) is 2.87. The van der Waals surface area contributed by atoms with Gasteiger partial charge < -0.3 is 14.8 Å². The molecule has 0 aromatic carbocycles. The lowest BCUT2D eigenvalue weighted by Crippen LogP contribution is -2.43. The van der Waals surface area contributed by atoms with Gasteiger partial charge in [-0.05, 0) is 20.8 Å². The van der Waals surface area contributed by atoms with E-state index in [9.17, 15) is 0 Å². The molecule has 0 saturated carbocycles. The van der Waals surface area contributed by atoms with E-state index in [1.54, 1.807) is 0 Å². The molecule has 1 N–H and O–H groups in total. The van der Waals surface area contributed by atoms with E-state index < -0.39 is 0 Å². The third kappa shape index (κ3) is 3.70. The van der Waals surface area contributed by atoms with Crippen molar-refractivity contribution >= 4 is 0 Å². The maximum Gasteiger partial charge on any atom is 0.170 e. The molecule has 0 aliphatic carbocycles. The van der Waals surface area contributed by atoms with E-state index in [2.05, 4.69) is 5.32 Å². The van der Waals surface area contributed by atoms with E-state index in [0.29, 0.717) is 0 Å². The van der Waals surface area contributed by atoms with Crippen LogP contribution in [-0.2, 0) is 9.47 Å². The zero-order chi connectivity index (χ0) is 8.32. The topological polar surface area (TPSA) is 30.5 Å². The number of rotatable bonds is 1. The van der Waals surface area contributed by atoms with Gasteiger partial charge in [0.25, 0.3) is 0 Å². The molecule has 11 heavy (non-hydrogen) atoms. The summed E-state index contributed by atoms with van der Waals surface area (Å²) in [5.74, 6) is 0. The van der Waals surface area contributed by atoms with Crippen molar-refractivity contribution in [1.29, 1.82) is 0 Å². The lowest BCUT2D eigenvalue weighted by Gasteiger charge is -2.30. The quantitative estimate of drug-likeness (QED) is 0.612. The summed E-state index contributed by atoms with van der Waals surface area (Å²) in [7, 11) is 0. The molecule has 0 aromatic heterocycles. The molecule has 1 aliphatic heterocycles. The van der Waals surface area contributed by atoms with E-state index in [4.69, 9.17) is 9.47 Å². The Morgan fingerprint density at radius 1 is 1.45 bits per heavy atom. The van der Waals surface area contributed by atoms with Gasteiger partial charge in [0, 0.05) is 13.1 Å². The minimum Gasteiger partial charge on any atom is -0.350 e. The zero-order valence-corrected chi connectivity index (χ0v) is 7.52. The van der Waals surface area contributed by atoms with Crippen molar-refractivity contribution in [1.82, 2.24) is 5.32 Å². The summed E-state index contributed by atoms with van der Waals surface area (Å²) in [6.07, 6.45) is -0.0660. The van der Waals surface area contributed by atoms with Gasteiger partial charge in [0.05, 0.1) is 12.2 Å². The molecule has 66 valence electrons. The highest BCUT2D eigenvalue weighted by atomic mass is 16.7. The fourth-order valence-electron chi connectivity index (χ4n) is 1.01. The normalized spacial score (nSPS) is 27.0. The van der Waals surface area contributed by atoms with Crippen LogP contribution < -0.4 is 5.32 Å². The second-order valence-electron chi connectivity index (χ2n) is 3.73. The smallest absolute Gasteiger partial charge is 0.170 e. The highest BCUT2D eigenvalue weighted by Crippen LogP contribution is 2.12. The standard InChI is InChI=1S/C8H17NO2/c1-8(2,3)11-7-6-9-4-5-10-7/h7,9H,4-6H2,1-3H3/t7-/m1/s1. The van der Waals surface area contributed by atoms with Gasteiger partial charge in [-0.2, -0.15) is 0 Å². The maximum atomic E-state index is 5.59. The number of ether oxygens (including phenoxy) is 2. The van der Waals surface area contributed by atoms with Gasteiger partial charge in [0.15, 0.2) is 6.29 Å². The van der Waals surface area contributed by atoms with E-state index in [1.165, 1.54) is 0 Å².